The van der Waals surface area contributed by atoms with Gasteiger partial charge in [0.2, 0.25) is 0 Å². The first-order chi connectivity index (χ1) is 9.33. The van der Waals surface area contributed by atoms with Gasteiger partial charge < -0.3 is 0 Å². The number of hydrogen-bond acceptors (Lipinski definition) is 1. The van der Waals surface area contributed by atoms with E-state index in [0.717, 1.165) is 46.7 Å². The van der Waals surface area contributed by atoms with Crippen molar-refractivity contribution in [2.75, 3.05) is 5.75 Å². The van der Waals surface area contributed by atoms with Gasteiger partial charge in [0.05, 0.1) is 0 Å². The van der Waals surface area contributed by atoms with Crippen molar-refractivity contribution in [1.82, 2.24) is 0 Å². The molecule has 4 fully saturated rings. The summed E-state index contributed by atoms with van der Waals surface area (Å²) in [6, 6.07) is 0. The van der Waals surface area contributed by atoms with Gasteiger partial charge >= 0.3 is 0 Å². The van der Waals surface area contributed by atoms with E-state index in [1.54, 1.807) is 19.3 Å². The van der Waals surface area contributed by atoms with Crippen molar-refractivity contribution in [3.8, 4) is 0 Å². The van der Waals surface area contributed by atoms with Crippen LogP contribution in [0.3, 0.4) is 0 Å². The number of hydrogen-bond donors (Lipinski definition) is 0. The fourth-order valence-corrected chi connectivity index (χ4v) is 8.11. The predicted molar refractivity (Wildman–Crippen MR) is 84.2 cm³/mol. The molecule has 0 N–H and O–H groups in total. The molecular formula is C18H28S. The molecule has 0 nitrogen and oxygen atoms in total. The number of allylic oxidation sites excluding steroid dienone is 1. The molecule has 2 unspecified atom stereocenters. The lowest BCUT2D eigenvalue weighted by Crippen LogP contribution is -2.36. The molecule has 106 valence electrons. The lowest BCUT2D eigenvalue weighted by molar-refractivity contribution is 0.125. The fourth-order valence-electron chi connectivity index (χ4n) is 6.43. The van der Waals surface area contributed by atoms with Crippen LogP contribution in [0.15, 0.2) is 12.7 Å². The molecule has 19 heavy (non-hydrogen) atoms. The summed E-state index contributed by atoms with van der Waals surface area (Å²) in [5.74, 6) is 8.91. The summed E-state index contributed by atoms with van der Waals surface area (Å²) in [4.78, 5) is 0. The zero-order valence-electron chi connectivity index (χ0n) is 12.3. The van der Waals surface area contributed by atoms with Gasteiger partial charge in [-0.05, 0) is 79.3 Å². The SMILES string of the molecule is C=C[C@@H]1C[C@H]2C[C@@H]1C1C2[C@H]2C[C@@H]1C[C@H]2SCCCC. The third-order valence-corrected chi connectivity index (χ3v) is 8.44. The minimum atomic E-state index is 0.886. The van der Waals surface area contributed by atoms with Crippen molar-refractivity contribution in [2.45, 2.75) is 50.7 Å². The van der Waals surface area contributed by atoms with E-state index < -0.39 is 0 Å². The second-order valence-electron chi connectivity index (χ2n) is 7.61. The van der Waals surface area contributed by atoms with Crippen molar-refractivity contribution in [3.05, 3.63) is 12.7 Å². The summed E-state index contributed by atoms with van der Waals surface area (Å²) < 4.78 is 0. The van der Waals surface area contributed by atoms with Crippen LogP contribution in [0.5, 0.6) is 0 Å². The predicted octanol–water partition coefficient (Wildman–Crippen LogP) is 5.00. The second-order valence-corrected chi connectivity index (χ2v) is 8.95. The molecule has 0 amide bonds. The van der Waals surface area contributed by atoms with Crippen molar-refractivity contribution in [1.29, 1.82) is 0 Å². The van der Waals surface area contributed by atoms with E-state index in [-0.39, 0.29) is 0 Å². The molecule has 0 aromatic rings. The van der Waals surface area contributed by atoms with Gasteiger partial charge in [0.1, 0.15) is 0 Å². The first-order valence-electron chi connectivity index (χ1n) is 8.57. The van der Waals surface area contributed by atoms with Gasteiger partial charge in [0.15, 0.2) is 0 Å². The first-order valence-corrected chi connectivity index (χ1v) is 9.62. The Balaban J connectivity index is 1.45. The molecule has 4 aliphatic rings. The molecule has 0 aromatic heterocycles. The summed E-state index contributed by atoms with van der Waals surface area (Å²) in [5, 5.41) is 1.04. The second kappa shape index (κ2) is 4.83. The van der Waals surface area contributed by atoms with E-state index in [9.17, 15) is 0 Å². The highest BCUT2D eigenvalue weighted by molar-refractivity contribution is 7.99. The largest absolute Gasteiger partial charge is 0.158 e. The quantitative estimate of drug-likeness (QED) is 0.387. The summed E-state index contributed by atoms with van der Waals surface area (Å²) in [6.07, 6.45) is 11.3. The van der Waals surface area contributed by atoms with Crippen LogP contribution in [0, 0.1) is 41.4 Å². The molecule has 0 spiro atoms. The van der Waals surface area contributed by atoms with E-state index >= 15 is 0 Å². The standard InChI is InChI=1S/C18H28S/c1-3-5-6-19-16-10-13-9-15(16)18-12-7-11(4-2)14(8-12)17(13)18/h4,11-18H,2-3,5-10H2,1H3/t11-,12+,13-,14+,15+,16-,17?,18?/m1/s1. The smallest absolute Gasteiger partial charge is 0.00810 e. The molecule has 0 radical (unpaired) electrons. The van der Waals surface area contributed by atoms with Gasteiger partial charge in [-0.1, -0.05) is 19.4 Å². The van der Waals surface area contributed by atoms with Crippen LogP contribution in [-0.4, -0.2) is 11.0 Å². The summed E-state index contributed by atoms with van der Waals surface area (Å²) in [6.45, 7) is 6.42. The molecule has 4 aliphatic carbocycles. The van der Waals surface area contributed by atoms with Crippen LogP contribution < -0.4 is 0 Å². The Morgan fingerprint density at radius 2 is 1.79 bits per heavy atom. The van der Waals surface area contributed by atoms with Gasteiger partial charge in [-0.25, -0.2) is 0 Å². The lowest BCUT2D eigenvalue weighted by atomic mass is 9.67. The minimum absolute atomic E-state index is 0.886. The van der Waals surface area contributed by atoms with Crippen molar-refractivity contribution in [2.24, 2.45) is 41.4 Å². The highest BCUT2D eigenvalue weighted by Crippen LogP contribution is 2.70. The maximum atomic E-state index is 4.10. The lowest BCUT2D eigenvalue weighted by Gasteiger charge is -2.40. The highest BCUT2D eigenvalue weighted by Gasteiger charge is 2.63. The Kier molecular flexibility index (Phi) is 3.25. The van der Waals surface area contributed by atoms with Crippen LogP contribution in [-0.2, 0) is 0 Å². The maximum absolute atomic E-state index is 4.10. The fraction of sp³-hybridized carbons (Fsp3) is 0.889. The minimum Gasteiger partial charge on any atom is -0.158 e. The Hall–Kier alpha value is 0.0900. The van der Waals surface area contributed by atoms with Crippen LogP contribution >= 0.6 is 11.8 Å². The van der Waals surface area contributed by atoms with Crippen LogP contribution in [0.1, 0.15) is 45.4 Å². The van der Waals surface area contributed by atoms with Crippen LogP contribution in [0.25, 0.3) is 0 Å². The molecule has 0 heterocycles. The third kappa shape index (κ3) is 1.79. The van der Waals surface area contributed by atoms with E-state index in [4.69, 9.17) is 0 Å². The van der Waals surface area contributed by atoms with Gasteiger partial charge in [0, 0.05) is 5.25 Å². The Morgan fingerprint density at radius 3 is 2.58 bits per heavy atom. The average Bonchev–Trinajstić information content (AvgIpc) is 3.15. The van der Waals surface area contributed by atoms with Crippen molar-refractivity contribution in [3.63, 3.8) is 0 Å². The highest BCUT2D eigenvalue weighted by atomic mass is 32.2. The molecular weight excluding hydrogens is 248 g/mol. The number of unbranched alkanes of at least 4 members (excludes halogenated alkanes) is 1. The van der Waals surface area contributed by atoms with Crippen molar-refractivity contribution >= 4 is 11.8 Å². The number of thioether (sulfide) groups is 1. The number of rotatable bonds is 5. The Labute approximate surface area is 122 Å². The number of fused-ring (bicyclic) bond motifs is 9. The Bertz CT molecular complexity index is 363. The third-order valence-electron chi connectivity index (χ3n) is 6.94. The van der Waals surface area contributed by atoms with Gasteiger partial charge in [-0.15, -0.1) is 6.58 Å². The molecule has 4 bridgehead atoms. The van der Waals surface area contributed by atoms with Gasteiger partial charge in [-0.3, -0.25) is 0 Å². The summed E-state index contributed by atoms with van der Waals surface area (Å²) in [7, 11) is 0. The summed E-state index contributed by atoms with van der Waals surface area (Å²) in [5.41, 5.74) is 0. The molecule has 1 heteroatoms. The van der Waals surface area contributed by atoms with Crippen molar-refractivity contribution < 1.29 is 0 Å². The summed E-state index contributed by atoms with van der Waals surface area (Å²) >= 11 is 2.33. The van der Waals surface area contributed by atoms with E-state index in [0.29, 0.717) is 0 Å². The van der Waals surface area contributed by atoms with E-state index in [1.807, 2.05) is 0 Å². The molecule has 4 saturated carbocycles. The normalized spacial score (nSPS) is 53.7. The molecule has 0 aliphatic heterocycles. The van der Waals surface area contributed by atoms with Gasteiger partial charge in [0.25, 0.3) is 0 Å². The first kappa shape index (κ1) is 12.8. The average molecular weight is 276 g/mol. The molecule has 4 rings (SSSR count). The van der Waals surface area contributed by atoms with E-state index in [1.165, 1.54) is 25.0 Å². The van der Waals surface area contributed by atoms with Crippen LogP contribution in [0.2, 0.25) is 0 Å². The zero-order valence-corrected chi connectivity index (χ0v) is 13.1. The topological polar surface area (TPSA) is 0 Å². The van der Waals surface area contributed by atoms with E-state index in [2.05, 4.69) is 31.3 Å². The Morgan fingerprint density at radius 1 is 1.05 bits per heavy atom. The molecule has 0 saturated heterocycles. The molecule has 8 atom stereocenters. The maximum Gasteiger partial charge on any atom is 0.00810 e. The monoisotopic (exact) mass is 276 g/mol. The van der Waals surface area contributed by atoms with Gasteiger partial charge in [-0.2, -0.15) is 11.8 Å². The zero-order chi connectivity index (χ0) is 13.0. The molecule has 0 aromatic carbocycles. The van der Waals surface area contributed by atoms with Crippen LogP contribution in [0.4, 0.5) is 0 Å².